The number of pyridine rings is 1. The van der Waals surface area contributed by atoms with Crippen molar-refractivity contribution in [1.29, 1.82) is 0 Å². The number of amides is 1. The monoisotopic (exact) mass is 217 g/mol. The Morgan fingerprint density at radius 3 is 2.73 bits per heavy atom. The van der Waals surface area contributed by atoms with Crippen LogP contribution in [0.5, 0.6) is 0 Å². The van der Waals surface area contributed by atoms with Crippen LogP contribution >= 0.6 is 0 Å². The molecule has 1 aromatic rings. The van der Waals surface area contributed by atoms with E-state index in [1.807, 2.05) is 0 Å². The molecule has 1 amide bonds. The first-order chi connectivity index (χ1) is 6.90. The van der Waals surface area contributed by atoms with Gasteiger partial charge in [-0.05, 0) is 6.07 Å². The van der Waals surface area contributed by atoms with Crippen molar-refractivity contribution in [2.24, 2.45) is 0 Å². The minimum atomic E-state index is -4.40. The molecule has 1 rings (SSSR count). The molecule has 0 bridgehead atoms. The number of halogens is 3. The average Bonchev–Trinajstić information content (AvgIpc) is 2.15. The fraction of sp³-hybridized carbons (Fsp3) is 0.333. The zero-order valence-corrected chi connectivity index (χ0v) is 7.88. The quantitative estimate of drug-likeness (QED) is 0.752. The molecular formula is C9H8F3N2O. The Morgan fingerprint density at radius 2 is 2.27 bits per heavy atom. The van der Waals surface area contributed by atoms with Gasteiger partial charge in [-0.2, -0.15) is 13.2 Å². The fourth-order valence-electron chi connectivity index (χ4n) is 0.963. The molecule has 1 radical (unpaired) electrons. The molecule has 0 aromatic carbocycles. The van der Waals surface area contributed by atoms with E-state index in [-0.39, 0.29) is 5.69 Å². The molecule has 6 heteroatoms. The van der Waals surface area contributed by atoms with Crippen molar-refractivity contribution in [3.8, 4) is 0 Å². The van der Waals surface area contributed by atoms with Gasteiger partial charge in [0.2, 0.25) is 0 Å². The molecule has 0 atom stereocenters. The number of hydrogen-bond donors (Lipinski definition) is 0. The predicted octanol–water partition coefficient (Wildman–Crippen LogP) is 1.52. The lowest BCUT2D eigenvalue weighted by Gasteiger charge is -2.18. The number of carbonyl (C=O) groups is 1. The van der Waals surface area contributed by atoms with E-state index >= 15 is 0 Å². The minimum Gasteiger partial charge on any atom is -0.331 e. The second-order valence-electron chi connectivity index (χ2n) is 2.91. The highest BCUT2D eigenvalue weighted by Gasteiger charge is 2.31. The summed E-state index contributed by atoms with van der Waals surface area (Å²) >= 11 is 0. The molecule has 0 aliphatic carbocycles. The van der Waals surface area contributed by atoms with Crippen molar-refractivity contribution in [3.05, 3.63) is 30.1 Å². The van der Waals surface area contributed by atoms with E-state index in [1.54, 1.807) is 0 Å². The third-order valence-corrected chi connectivity index (χ3v) is 1.57. The molecule has 3 nitrogen and oxygen atoms in total. The molecule has 1 heterocycles. The van der Waals surface area contributed by atoms with Gasteiger partial charge < -0.3 is 4.90 Å². The summed E-state index contributed by atoms with van der Waals surface area (Å²) in [5.41, 5.74) is -0.121. The molecule has 1 aromatic heterocycles. The lowest BCUT2D eigenvalue weighted by Crippen LogP contribution is -2.36. The number of carbonyl (C=O) groups excluding carboxylic acids is 1. The zero-order valence-electron chi connectivity index (χ0n) is 7.88. The molecule has 0 aliphatic rings. The maximum Gasteiger partial charge on any atom is 0.406 e. The van der Waals surface area contributed by atoms with Gasteiger partial charge in [-0.3, -0.25) is 9.78 Å². The van der Waals surface area contributed by atoms with Crippen LogP contribution in [-0.4, -0.2) is 35.6 Å². The van der Waals surface area contributed by atoms with Gasteiger partial charge in [-0.25, -0.2) is 0 Å². The molecular weight excluding hydrogens is 209 g/mol. The summed E-state index contributed by atoms with van der Waals surface area (Å²) in [4.78, 5) is 15.5. The minimum absolute atomic E-state index is 0.121. The summed E-state index contributed by atoms with van der Waals surface area (Å²) in [6.07, 6.45) is -3.08. The van der Waals surface area contributed by atoms with E-state index < -0.39 is 18.6 Å². The number of hydrogen-bond acceptors (Lipinski definition) is 2. The Labute approximate surface area is 84.5 Å². The van der Waals surface area contributed by atoms with Crippen LogP contribution < -0.4 is 0 Å². The third-order valence-electron chi connectivity index (χ3n) is 1.57. The van der Waals surface area contributed by atoms with E-state index in [2.05, 4.69) is 11.1 Å². The van der Waals surface area contributed by atoms with E-state index in [4.69, 9.17) is 0 Å². The van der Waals surface area contributed by atoms with Crippen molar-refractivity contribution in [2.45, 2.75) is 6.18 Å². The molecule has 0 unspecified atom stereocenters. The largest absolute Gasteiger partial charge is 0.406 e. The van der Waals surface area contributed by atoms with Gasteiger partial charge in [-0.1, -0.05) is 6.07 Å². The predicted molar refractivity (Wildman–Crippen MR) is 46.1 cm³/mol. The molecule has 0 fully saturated rings. The lowest BCUT2D eigenvalue weighted by molar-refractivity contribution is -0.138. The number of rotatable bonds is 2. The number of nitrogens with zero attached hydrogens (tertiary/aromatic N) is 2. The van der Waals surface area contributed by atoms with Crippen LogP contribution in [0.25, 0.3) is 0 Å². The maximum atomic E-state index is 12.0. The van der Waals surface area contributed by atoms with Crippen LogP contribution in [0.3, 0.4) is 0 Å². The first kappa shape index (κ1) is 11.5. The third kappa shape index (κ3) is 3.57. The second kappa shape index (κ2) is 4.29. The molecule has 0 aliphatic heterocycles. The molecule has 81 valence electrons. The van der Waals surface area contributed by atoms with Gasteiger partial charge >= 0.3 is 6.18 Å². The highest BCUT2D eigenvalue weighted by molar-refractivity contribution is 5.91. The maximum absolute atomic E-state index is 12.0. The summed E-state index contributed by atoms with van der Waals surface area (Å²) in [6.45, 7) is -1.30. The average molecular weight is 217 g/mol. The molecule has 0 spiro atoms. The summed E-state index contributed by atoms with van der Waals surface area (Å²) in [6, 6.07) is 5.41. The zero-order chi connectivity index (χ0) is 11.5. The topological polar surface area (TPSA) is 33.2 Å². The van der Waals surface area contributed by atoms with Gasteiger partial charge in [0.25, 0.3) is 5.91 Å². The summed E-state index contributed by atoms with van der Waals surface area (Å²) in [5.74, 6) is -0.798. The Hall–Kier alpha value is -1.59. The van der Waals surface area contributed by atoms with Crippen molar-refractivity contribution in [2.75, 3.05) is 13.6 Å². The van der Waals surface area contributed by atoms with Crippen LogP contribution in [0.4, 0.5) is 13.2 Å². The molecule has 0 N–H and O–H groups in total. The van der Waals surface area contributed by atoms with Gasteiger partial charge in [0.15, 0.2) is 0 Å². The normalized spacial score (nSPS) is 11.2. The Kier molecular flexibility index (Phi) is 3.28. The van der Waals surface area contributed by atoms with E-state index in [0.29, 0.717) is 4.90 Å². The molecule has 0 saturated heterocycles. The number of aromatic nitrogens is 1. The summed E-state index contributed by atoms with van der Waals surface area (Å²) in [7, 11) is 1.07. The van der Waals surface area contributed by atoms with E-state index in [0.717, 1.165) is 7.05 Å². The first-order valence-corrected chi connectivity index (χ1v) is 4.05. The van der Waals surface area contributed by atoms with Crippen LogP contribution in [0.2, 0.25) is 0 Å². The first-order valence-electron chi connectivity index (χ1n) is 4.05. The second-order valence-corrected chi connectivity index (χ2v) is 2.91. The standard InChI is InChI=1S/C9H8F3N2O/c1-14(6-9(10,11)12)8(15)7-4-2-3-5-13-7/h2-3,5H,6H2,1H3. The summed E-state index contributed by atoms with van der Waals surface area (Å²) < 4.78 is 35.9. The van der Waals surface area contributed by atoms with Crippen molar-refractivity contribution in [3.63, 3.8) is 0 Å². The van der Waals surface area contributed by atoms with Crippen LogP contribution in [-0.2, 0) is 0 Å². The molecule has 0 saturated carbocycles. The SMILES string of the molecule is CN(CC(F)(F)F)C(=O)c1[c]cccn1. The highest BCUT2D eigenvalue weighted by Crippen LogP contribution is 2.16. The van der Waals surface area contributed by atoms with Crippen molar-refractivity contribution < 1.29 is 18.0 Å². The molecule has 15 heavy (non-hydrogen) atoms. The van der Waals surface area contributed by atoms with E-state index in [1.165, 1.54) is 18.3 Å². The Balaban J connectivity index is 2.70. The highest BCUT2D eigenvalue weighted by atomic mass is 19.4. The number of alkyl halides is 3. The van der Waals surface area contributed by atoms with Crippen LogP contribution in [0, 0.1) is 6.07 Å². The van der Waals surface area contributed by atoms with Gasteiger partial charge in [0.05, 0.1) is 0 Å². The van der Waals surface area contributed by atoms with Crippen molar-refractivity contribution in [1.82, 2.24) is 9.88 Å². The fourth-order valence-corrected chi connectivity index (χ4v) is 0.963. The summed E-state index contributed by atoms with van der Waals surface area (Å²) in [5, 5.41) is 0. The van der Waals surface area contributed by atoms with Crippen molar-refractivity contribution >= 4 is 5.91 Å². The Bertz CT molecular complexity index is 337. The lowest BCUT2D eigenvalue weighted by atomic mass is 10.3. The van der Waals surface area contributed by atoms with Crippen LogP contribution in [0.15, 0.2) is 18.3 Å². The van der Waals surface area contributed by atoms with E-state index in [9.17, 15) is 18.0 Å². The smallest absolute Gasteiger partial charge is 0.331 e. The Morgan fingerprint density at radius 1 is 1.60 bits per heavy atom. The van der Waals surface area contributed by atoms with Gasteiger partial charge in [-0.15, -0.1) is 0 Å². The van der Waals surface area contributed by atoms with Crippen LogP contribution in [0.1, 0.15) is 10.5 Å². The van der Waals surface area contributed by atoms with Gasteiger partial charge in [0, 0.05) is 19.3 Å². The van der Waals surface area contributed by atoms with Gasteiger partial charge in [0.1, 0.15) is 12.2 Å².